The van der Waals surface area contributed by atoms with Crippen LogP contribution in [0.15, 0.2) is 11.6 Å². The number of allylic oxidation sites excluding steroid dienone is 2. The van der Waals surface area contributed by atoms with Gasteiger partial charge in [-0.3, -0.25) is 0 Å². The zero-order valence-electron chi connectivity index (χ0n) is 16.8. The maximum atomic E-state index is 11.2. The van der Waals surface area contributed by atoms with Gasteiger partial charge in [0.1, 0.15) is 5.60 Å². The second-order valence-electron chi connectivity index (χ2n) is 8.76. The Bertz CT molecular complexity index is 638. The zero-order chi connectivity index (χ0) is 18.8. The Hall–Kier alpha value is 0.410. The van der Waals surface area contributed by atoms with E-state index in [2.05, 4.69) is 17.9 Å². The Balaban J connectivity index is 0.00000261. The molecule has 0 aromatic heterocycles. The van der Waals surface area contributed by atoms with Crippen LogP contribution in [0, 0.1) is 29.6 Å². The summed E-state index contributed by atoms with van der Waals surface area (Å²) in [7, 11) is -3.15. The maximum absolute atomic E-state index is 11.2. The van der Waals surface area contributed by atoms with E-state index >= 15 is 0 Å². The van der Waals surface area contributed by atoms with Gasteiger partial charge >= 0.3 is 29.6 Å². The van der Waals surface area contributed by atoms with Gasteiger partial charge in [-0.1, -0.05) is 29.9 Å². The molecule has 3 rings (SSSR count). The molecule has 3 unspecified atom stereocenters. The second-order valence-corrected chi connectivity index (χ2v) is 11.2. The largest absolute Gasteiger partial charge is 1.00 e. The molecular formula is C21H32NaO4P. The van der Waals surface area contributed by atoms with Crippen molar-refractivity contribution in [3.63, 3.8) is 0 Å². The average molecular weight is 402 g/mol. The van der Waals surface area contributed by atoms with Crippen molar-refractivity contribution < 1.29 is 49.2 Å². The van der Waals surface area contributed by atoms with Crippen LogP contribution in [0.25, 0.3) is 0 Å². The molecule has 0 saturated heterocycles. The summed E-state index contributed by atoms with van der Waals surface area (Å²) >= 11 is 0. The van der Waals surface area contributed by atoms with Gasteiger partial charge in [-0.25, -0.2) is 0 Å². The van der Waals surface area contributed by atoms with Crippen LogP contribution < -0.4 is 34.5 Å². The third kappa shape index (κ3) is 6.71. The van der Waals surface area contributed by atoms with Crippen molar-refractivity contribution >= 4 is 7.37 Å². The molecule has 0 aromatic carbocycles. The Labute approximate surface area is 186 Å². The molecule has 3 saturated carbocycles. The summed E-state index contributed by atoms with van der Waals surface area (Å²) < 4.78 is 11.2. The molecule has 6 heteroatoms. The van der Waals surface area contributed by atoms with Crippen LogP contribution in [0.5, 0.6) is 0 Å². The summed E-state index contributed by atoms with van der Waals surface area (Å²) in [5, 5.41) is 21.0. The van der Waals surface area contributed by atoms with Gasteiger partial charge in [0.25, 0.3) is 0 Å². The van der Waals surface area contributed by atoms with Crippen LogP contribution in [-0.4, -0.2) is 34.7 Å². The topological polar surface area (TPSA) is 80.6 Å². The Morgan fingerprint density at radius 2 is 2.00 bits per heavy atom. The summed E-state index contributed by atoms with van der Waals surface area (Å²) in [5.41, 5.74) is 0.548. The van der Waals surface area contributed by atoms with E-state index in [-0.39, 0.29) is 47.7 Å². The molecule has 0 amide bonds. The standard InChI is InChI=1S/C21H33O4P.Na/c1-26(24,25)12-6-3-7-16-13-17-15-20(22)18(19(17)14-16)8-11-21(23)9-4-2-5-10-21;/h7,17-20,22-23H,2-6,9-10,12-15H2,1H3,(H,24,25);/q;+1/p-1/b16-7-;/t17?,18-,19?,20+;/m1./s1. The number of aliphatic hydroxyl groups excluding tert-OH is 1. The minimum absolute atomic E-state index is 0. The van der Waals surface area contributed by atoms with Crippen LogP contribution in [-0.2, 0) is 4.57 Å². The van der Waals surface area contributed by atoms with Crippen molar-refractivity contribution in [2.75, 3.05) is 12.8 Å². The first-order valence-corrected chi connectivity index (χ1v) is 12.4. The summed E-state index contributed by atoms with van der Waals surface area (Å²) in [5.74, 6) is 7.22. The molecule has 5 atom stereocenters. The number of hydrogen-bond donors (Lipinski definition) is 2. The van der Waals surface area contributed by atoms with Gasteiger partial charge in [0.2, 0.25) is 0 Å². The first-order chi connectivity index (χ1) is 12.3. The van der Waals surface area contributed by atoms with Gasteiger partial charge in [-0.2, -0.15) is 0 Å². The normalized spacial score (nSPS) is 35.6. The third-order valence-corrected chi connectivity index (χ3v) is 7.53. The molecule has 3 aliphatic carbocycles. The molecule has 3 aliphatic rings. The first-order valence-electron chi connectivity index (χ1n) is 10.1. The predicted molar refractivity (Wildman–Crippen MR) is 102 cm³/mol. The number of aliphatic hydroxyl groups is 2. The van der Waals surface area contributed by atoms with Crippen molar-refractivity contribution in [1.82, 2.24) is 0 Å². The average Bonchev–Trinajstić information content (AvgIpc) is 3.06. The molecule has 27 heavy (non-hydrogen) atoms. The summed E-state index contributed by atoms with van der Waals surface area (Å²) in [6, 6.07) is 0. The van der Waals surface area contributed by atoms with E-state index < -0.39 is 13.0 Å². The number of fused-ring (bicyclic) bond motifs is 1. The quantitative estimate of drug-likeness (QED) is 0.229. The number of unbranched alkanes of at least 4 members (excludes halogenated alkanes) is 1. The van der Waals surface area contributed by atoms with E-state index in [1.165, 1.54) is 18.7 Å². The van der Waals surface area contributed by atoms with Gasteiger partial charge in [-0.15, -0.1) is 0 Å². The Morgan fingerprint density at radius 3 is 2.67 bits per heavy atom. The van der Waals surface area contributed by atoms with Gasteiger partial charge < -0.3 is 19.7 Å². The van der Waals surface area contributed by atoms with E-state index in [9.17, 15) is 19.7 Å². The summed E-state index contributed by atoms with van der Waals surface area (Å²) in [6.07, 6.45) is 11.1. The van der Waals surface area contributed by atoms with E-state index in [1.807, 2.05) is 0 Å². The molecule has 146 valence electrons. The third-order valence-electron chi connectivity index (χ3n) is 6.40. The maximum Gasteiger partial charge on any atom is 1.00 e. The fourth-order valence-electron chi connectivity index (χ4n) is 5.00. The van der Waals surface area contributed by atoms with Crippen molar-refractivity contribution in [3.8, 4) is 11.8 Å². The SMILES string of the molecule is CP(=O)([O-])CCC/C=C1/CC2C[C@H](O)[C@H](C#CC3(O)CCCCC3)C2C1.[Na+]. The molecule has 0 aromatic rings. The van der Waals surface area contributed by atoms with Crippen LogP contribution in [0.3, 0.4) is 0 Å². The molecule has 0 bridgehead atoms. The Kier molecular flexibility index (Phi) is 8.72. The van der Waals surface area contributed by atoms with E-state index in [0.29, 0.717) is 18.3 Å². The fraction of sp³-hybridized carbons (Fsp3) is 0.810. The van der Waals surface area contributed by atoms with Gasteiger partial charge in [-0.05, 0) is 82.4 Å². The minimum atomic E-state index is -3.15. The second kappa shape index (κ2) is 9.94. The van der Waals surface area contributed by atoms with Crippen LogP contribution >= 0.6 is 7.37 Å². The zero-order valence-corrected chi connectivity index (χ0v) is 19.7. The number of hydrogen-bond acceptors (Lipinski definition) is 4. The molecule has 3 fully saturated rings. The molecule has 0 heterocycles. The van der Waals surface area contributed by atoms with E-state index in [1.54, 1.807) is 0 Å². The monoisotopic (exact) mass is 402 g/mol. The summed E-state index contributed by atoms with van der Waals surface area (Å²) in [4.78, 5) is 11.2. The Morgan fingerprint density at radius 1 is 1.30 bits per heavy atom. The van der Waals surface area contributed by atoms with Crippen LogP contribution in [0.4, 0.5) is 0 Å². The smallest absolute Gasteiger partial charge is 0.799 e. The molecule has 0 radical (unpaired) electrons. The molecular weight excluding hydrogens is 370 g/mol. The van der Waals surface area contributed by atoms with Gasteiger partial charge in [0.05, 0.1) is 6.10 Å². The minimum Gasteiger partial charge on any atom is -0.799 e. The molecule has 2 N–H and O–H groups in total. The van der Waals surface area contributed by atoms with Crippen molar-refractivity contribution in [2.24, 2.45) is 17.8 Å². The first kappa shape index (κ1) is 23.7. The van der Waals surface area contributed by atoms with Crippen LogP contribution in [0.1, 0.15) is 64.2 Å². The van der Waals surface area contributed by atoms with E-state index in [4.69, 9.17) is 0 Å². The predicted octanol–water partition coefficient (Wildman–Crippen LogP) is 0.0708. The van der Waals surface area contributed by atoms with Crippen LogP contribution in [0.2, 0.25) is 0 Å². The summed E-state index contributed by atoms with van der Waals surface area (Å²) in [6.45, 7) is 1.31. The van der Waals surface area contributed by atoms with Crippen molar-refractivity contribution in [1.29, 1.82) is 0 Å². The number of rotatable bonds is 4. The van der Waals surface area contributed by atoms with Gasteiger partial charge in [0.15, 0.2) is 0 Å². The van der Waals surface area contributed by atoms with Crippen molar-refractivity contribution in [2.45, 2.75) is 75.9 Å². The fourth-order valence-corrected chi connectivity index (χ4v) is 5.75. The molecule has 0 aliphatic heterocycles. The molecule has 0 spiro atoms. The van der Waals surface area contributed by atoms with E-state index in [0.717, 1.165) is 51.4 Å². The van der Waals surface area contributed by atoms with Crippen molar-refractivity contribution in [3.05, 3.63) is 11.6 Å². The van der Waals surface area contributed by atoms with Gasteiger partial charge in [0, 0.05) is 13.3 Å². The molecule has 4 nitrogen and oxygen atoms in total.